The maximum absolute atomic E-state index is 11.1. The largest absolute Gasteiger partial charge is 0.391 e. The number of aliphatic hydroxyl groups is 6. The van der Waals surface area contributed by atoms with Gasteiger partial charge in [0.15, 0.2) is 12.6 Å². The van der Waals surface area contributed by atoms with Gasteiger partial charge in [-0.1, -0.05) is 0 Å². The molecule has 14 heteroatoms. The van der Waals surface area contributed by atoms with Gasteiger partial charge in [0.1, 0.15) is 48.3 Å². The Hall–Kier alpha value is -0.560. The van der Waals surface area contributed by atoms with E-state index in [1.54, 1.807) is 7.05 Å². The van der Waals surface area contributed by atoms with Crippen molar-refractivity contribution in [2.45, 2.75) is 111 Å². The van der Waals surface area contributed by atoms with Crippen LogP contribution in [0.3, 0.4) is 0 Å². The number of nitrogens with two attached hydrogens (primary N) is 3. The summed E-state index contributed by atoms with van der Waals surface area (Å²) in [6.45, 7) is 2.75. The minimum absolute atomic E-state index is 0.135. The Morgan fingerprint density at radius 2 is 1.50 bits per heavy atom. The Bertz CT molecular complexity index is 675. The van der Waals surface area contributed by atoms with Crippen LogP contribution in [0.5, 0.6) is 0 Å². The second-order valence-electron chi connectivity index (χ2n) is 9.82. The molecule has 200 valence electrons. The van der Waals surface area contributed by atoms with E-state index in [1.165, 1.54) is 13.8 Å². The highest BCUT2D eigenvalue weighted by molar-refractivity contribution is 5.02. The first-order chi connectivity index (χ1) is 15.8. The molecule has 13 N–H and O–H groups in total. The van der Waals surface area contributed by atoms with E-state index >= 15 is 0 Å². The molecule has 0 aromatic carbocycles. The minimum atomic E-state index is -1.46. The lowest BCUT2D eigenvalue weighted by Gasteiger charge is -2.49. The van der Waals surface area contributed by atoms with Crippen LogP contribution in [0.15, 0.2) is 0 Å². The van der Waals surface area contributed by atoms with E-state index in [0.29, 0.717) is 0 Å². The molecule has 0 amide bonds. The van der Waals surface area contributed by atoms with Crippen molar-refractivity contribution in [3.05, 3.63) is 0 Å². The standard InChI is InChI=1S/C20H40N4O10/c1-6(25)14-11(27)10(26)9(23)18(32-14)33-15-7(21)4-8(22)16(12(15)28)34-19-13(29)17(24-3)20(2,30)5-31-19/h6-19,24-30H,4-5,21-23H2,1-3H3/t6-,7-,8+,9-,10+,11-,12-,13-,14+,15-,16-,17+,18+,19+,20-/m0/s1. The minimum Gasteiger partial charge on any atom is -0.391 e. The molecule has 3 fully saturated rings. The monoisotopic (exact) mass is 496 g/mol. The molecule has 0 radical (unpaired) electrons. The van der Waals surface area contributed by atoms with Crippen molar-refractivity contribution in [3.63, 3.8) is 0 Å². The molecule has 3 aliphatic rings. The molecule has 2 heterocycles. The van der Waals surface area contributed by atoms with Crippen LogP contribution in [-0.4, -0.2) is 135 Å². The van der Waals surface area contributed by atoms with Crippen molar-refractivity contribution in [2.75, 3.05) is 13.7 Å². The summed E-state index contributed by atoms with van der Waals surface area (Å²) in [5.74, 6) is 0. The third-order valence-electron chi connectivity index (χ3n) is 6.95. The lowest BCUT2D eigenvalue weighted by atomic mass is 9.84. The molecule has 2 saturated heterocycles. The van der Waals surface area contributed by atoms with Gasteiger partial charge in [-0.25, -0.2) is 0 Å². The van der Waals surface area contributed by atoms with Gasteiger partial charge < -0.3 is 72.1 Å². The highest BCUT2D eigenvalue weighted by Crippen LogP contribution is 2.32. The van der Waals surface area contributed by atoms with Crippen LogP contribution < -0.4 is 22.5 Å². The van der Waals surface area contributed by atoms with Crippen LogP contribution >= 0.6 is 0 Å². The van der Waals surface area contributed by atoms with Crippen LogP contribution in [0.4, 0.5) is 0 Å². The van der Waals surface area contributed by atoms with Gasteiger partial charge in [0.2, 0.25) is 0 Å². The number of rotatable bonds is 6. The summed E-state index contributed by atoms with van der Waals surface area (Å²) >= 11 is 0. The molecule has 34 heavy (non-hydrogen) atoms. The zero-order valence-electron chi connectivity index (χ0n) is 19.5. The molecule has 1 saturated carbocycles. The quantitative estimate of drug-likeness (QED) is 0.165. The summed E-state index contributed by atoms with van der Waals surface area (Å²) in [5, 5.41) is 65.2. The summed E-state index contributed by atoms with van der Waals surface area (Å²) in [5.41, 5.74) is 17.0. The van der Waals surface area contributed by atoms with E-state index < -0.39 is 91.2 Å². The van der Waals surface area contributed by atoms with Crippen molar-refractivity contribution in [2.24, 2.45) is 17.2 Å². The third kappa shape index (κ3) is 5.40. The van der Waals surface area contributed by atoms with E-state index in [1.807, 2.05) is 0 Å². The average molecular weight is 497 g/mol. The molecule has 3 rings (SSSR count). The lowest BCUT2D eigenvalue weighted by Crippen LogP contribution is -2.69. The number of likely N-dealkylation sites (N-methyl/N-ethyl adjacent to an activating group) is 1. The molecule has 15 atom stereocenters. The van der Waals surface area contributed by atoms with Gasteiger partial charge in [-0.3, -0.25) is 0 Å². The van der Waals surface area contributed by atoms with Crippen LogP contribution in [0, 0.1) is 0 Å². The second kappa shape index (κ2) is 10.8. The normalized spacial score (nSPS) is 53.5. The van der Waals surface area contributed by atoms with Gasteiger partial charge in [-0.05, 0) is 27.3 Å². The Kier molecular flexibility index (Phi) is 8.92. The van der Waals surface area contributed by atoms with Gasteiger partial charge >= 0.3 is 0 Å². The molecule has 0 aromatic heterocycles. The number of hydrogen-bond acceptors (Lipinski definition) is 14. The van der Waals surface area contributed by atoms with Crippen LogP contribution in [-0.2, 0) is 18.9 Å². The molecule has 0 spiro atoms. The fourth-order valence-corrected chi connectivity index (χ4v) is 4.95. The van der Waals surface area contributed by atoms with Crippen molar-refractivity contribution in [3.8, 4) is 0 Å². The zero-order valence-corrected chi connectivity index (χ0v) is 19.5. The van der Waals surface area contributed by atoms with Crippen LogP contribution in [0.1, 0.15) is 20.3 Å². The van der Waals surface area contributed by atoms with E-state index in [0.717, 1.165) is 0 Å². The highest BCUT2D eigenvalue weighted by atomic mass is 16.7. The second-order valence-corrected chi connectivity index (χ2v) is 9.82. The maximum atomic E-state index is 11.1. The molecule has 0 unspecified atom stereocenters. The van der Waals surface area contributed by atoms with Gasteiger partial charge in [0, 0.05) is 12.1 Å². The summed E-state index contributed by atoms with van der Waals surface area (Å²) in [6.07, 6.45) is -12.4. The molecule has 14 nitrogen and oxygen atoms in total. The van der Waals surface area contributed by atoms with Crippen molar-refractivity contribution < 1.29 is 49.6 Å². The Morgan fingerprint density at radius 3 is 2.03 bits per heavy atom. The van der Waals surface area contributed by atoms with Crippen LogP contribution in [0.2, 0.25) is 0 Å². The Morgan fingerprint density at radius 1 is 0.941 bits per heavy atom. The van der Waals surface area contributed by atoms with E-state index in [9.17, 15) is 30.6 Å². The van der Waals surface area contributed by atoms with Crippen molar-refractivity contribution in [1.29, 1.82) is 0 Å². The van der Waals surface area contributed by atoms with Crippen molar-refractivity contribution in [1.82, 2.24) is 5.32 Å². The molecule has 1 aliphatic carbocycles. The molecule has 2 aliphatic heterocycles. The van der Waals surface area contributed by atoms with Gasteiger partial charge in [0.25, 0.3) is 0 Å². The fraction of sp³-hybridized carbons (Fsp3) is 1.00. The fourth-order valence-electron chi connectivity index (χ4n) is 4.95. The number of nitrogens with one attached hydrogen (secondary N) is 1. The Labute approximate surface area is 197 Å². The summed E-state index contributed by atoms with van der Waals surface area (Å²) in [6, 6.07) is -3.47. The predicted molar refractivity (Wildman–Crippen MR) is 116 cm³/mol. The summed E-state index contributed by atoms with van der Waals surface area (Å²) in [4.78, 5) is 0. The zero-order chi connectivity index (χ0) is 25.5. The molecular weight excluding hydrogens is 456 g/mol. The maximum Gasteiger partial charge on any atom is 0.185 e. The lowest BCUT2D eigenvalue weighted by molar-refractivity contribution is -0.319. The number of ether oxygens (including phenoxy) is 4. The van der Waals surface area contributed by atoms with Gasteiger partial charge in [-0.15, -0.1) is 0 Å². The smallest absolute Gasteiger partial charge is 0.185 e. The van der Waals surface area contributed by atoms with Crippen molar-refractivity contribution >= 4 is 0 Å². The van der Waals surface area contributed by atoms with Crippen LogP contribution in [0.25, 0.3) is 0 Å². The predicted octanol–water partition coefficient (Wildman–Crippen LogP) is -5.61. The molecule has 0 bridgehead atoms. The average Bonchev–Trinajstić information content (AvgIpc) is 2.75. The number of hydrogen-bond donors (Lipinski definition) is 10. The molecular formula is C20H40N4O10. The molecule has 0 aromatic rings. The van der Waals surface area contributed by atoms with E-state index in [2.05, 4.69) is 5.32 Å². The summed E-state index contributed by atoms with van der Waals surface area (Å²) < 4.78 is 22.8. The topological polar surface area (TPSA) is 248 Å². The number of aliphatic hydroxyl groups excluding tert-OH is 5. The van der Waals surface area contributed by atoms with E-state index in [-0.39, 0.29) is 13.0 Å². The SMILES string of the molecule is CN[C@@H]1[C@H](O)[C@@H](O[C@@H]2[C@@H](O)[C@@H](O[C@H]3O[C@H]([C@H](C)O)[C@@H](O)[C@H](O)[C@@H]3N)[C@@H](N)C[C@H]2N)OC[C@]1(C)O. The van der Waals surface area contributed by atoms with Gasteiger partial charge in [-0.2, -0.15) is 0 Å². The summed E-state index contributed by atoms with van der Waals surface area (Å²) in [7, 11) is 1.58. The van der Waals surface area contributed by atoms with E-state index in [4.69, 9.17) is 36.1 Å². The van der Waals surface area contributed by atoms with Gasteiger partial charge in [0.05, 0.1) is 24.8 Å². The first kappa shape index (κ1) is 28.0. The Balaban J connectivity index is 1.73. The highest BCUT2D eigenvalue weighted by Gasteiger charge is 2.52. The first-order valence-corrected chi connectivity index (χ1v) is 11.4. The third-order valence-corrected chi connectivity index (χ3v) is 6.95. The first-order valence-electron chi connectivity index (χ1n) is 11.4.